The van der Waals surface area contributed by atoms with Crippen molar-refractivity contribution in [3.05, 3.63) is 65.0 Å². The monoisotopic (exact) mass is 324 g/mol. The van der Waals surface area contributed by atoms with Crippen LogP contribution in [0.15, 0.2) is 42.5 Å². The van der Waals surface area contributed by atoms with Gasteiger partial charge in [-0.1, -0.05) is 11.8 Å². The molecule has 0 aliphatic rings. The SMILES string of the molecule is OCc1cc(F)ccc1OCC#Cc1ccc(C(F)(F)F)cc1. The van der Waals surface area contributed by atoms with E-state index in [1.54, 1.807) is 0 Å². The smallest absolute Gasteiger partial charge is 0.416 e. The summed E-state index contributed by atoms with van der Waals surface area (Å²) in [6, 6.07) is 8.17. The van der Waals surface area contributed by atoms with E-state index in [1.807, 2.05) is 0 Å². The van der Waals surface area contributed by atoms with Gasteiger partial charge in [-0.3, -0.25) is 0 Å². The third-order valence-corrected chi connectivity index (χ3v) is 2.94. The van der Waals surface area contributed by atoms with Crippen LogP contribution in [0, 0.1) is 17.7 Å². The van der Waals surface area contributed by atoms with Crippen molar-refractivity contribution in [2.45, 2.75) is 12.8 Å². The maximum Gasteiger partial charge on any atom is 0.416 e. The predicted molar refractivity (Wildman–Crippen MR) is 76.1 cm³/mol. The maximum atomic E-state index is 13.0. The number of halogens is 4. The zero-order valence-electron chi connectivity index (χ0n) is 11.8. The molecule has 2 aromatic carbocycles. The molecule has 2 aromatic rings. The fraction of sp³-hybridized carbons (Fsp3) is 0.176. The molecule has 0 heterocycles. The van der Waals surface area contributed by atoms with Crippen molar-refractivity contribution in [2.24, 2.45) is 0 Å². The molecule has 0 unspecified atom stereocenters. The number of hydrogen-bond donors (Lipinski definition) is 1. The Morgan fingerprint density at radius 1 is 1.04 bits per heavy atom. The molecule has 0 aliphatic heterocycles. The van der Waals surface area contributed by atoms with Gasteiger partial charge in [0.1, 0.15) is 18.2 Å². The first-order valence-electron chi connectivity index (χ1n) is 6.58. The molecule has 120 valence electrons. The van der Waals surface area contributed by atoms with Crippen LogP contribution in [0.25, 0.3) is 0 Å². The summed E-state index contributed by atoms with van der Waals surface area (Å²) < 4.78 is 55.5. The van der Waals surface area contributed by atoms with Gasteiger partial charge in [-0.2, -0.15) is 13.2 Å². The molecule has 0 bridgehead atoms. The van der Waals surface area contributed by atoms with Crippen LogP contribution in [-0.2, 0) is 12.8 Å². The average Bonchev–Trinajstić information content (AvgIpc) is 2.52. The van der Waals surface area contributed by atoms with Crippen LogP contribution in [0.5, 0.6) is 5.75 Å². The average molecular weight is 324 g/mol. The van der Waals surface area contributed by atoms with Crippen molar-refractivity contribution in [1.82, 2.24) is 0 Å². The Labute approximate surface area is 130 Å². The van der Waals surface area contributed by atoms with Crippen LogP contribution in [0.3, 0.4) is 0 Å². The van der Waals surface area contributed by atoms with Crippen LogP contribution in [-0.4, -0.2) is 11.7 Å². The van der Waals surface area contributed by atoms with Crippen molar-refractivity contribution in [1.29, 1.82) is 0 Å². The van der Waals surface area contributed by atoms with Crippen LogP contribution in [0.2, 0.25) is 0 Å². The lowest BCUT2D eigenvalue weighted by Gasteiger charge is -2.07. The highest BCUT2D eigenvalue weighted by molar-refractivity contribution is 5.38. The summed E-state index contributed by atoms with van der Waals surface area (Å²) in [6.45, 7) is -0.418. The first kappa shape index (κ1) is 16.8. The molecule has 0 spiro atoms. The van der Waals surface area contributed by atoms with Crippen LogP contribution >= 0.6 is 0 Å². The van der Waals surface area contributed by atoms with Gasteiger partial charge < -0.3 is 9.84 Å². The van der Waals surface area contributed by atoms with Gasteiger partial charge >= 0.3 is 6.18 Å². The van der Waals surface area contributed by atoms with Gasteiger partial charge in [-0.15, -0.1) is 0 Å². The Morgan fingerprint density at radius 2 is 1.74 bits per heavy atom. The third kappa shape index (κ3) is 4.73. The summed E-state index contributed by atoms with van der Waals surface area (Å²) in [5, 5.41) is 9.09. The topological polar surface area (TPSA) is 29.5 Å². The Hall–Kier alpha value is -2.52. The largest absolute Gasteiger partial charge is 0.481 e. The molecule has 0 atom stereocenters. The molecule has 0 aromatic heterocycles. The molecule has 6 heteroatoms. The highest BCUT2D eigenvalue weighted by Gasteiger charge is 2.29. The van der Waals surface area contributed by atoms with Crippen molar-refractivity contribution >= 4 is 0 Å². The van der Waals surface area contributed by atoms with Gasteiger partial charge in [0.05, 0.1) is 12.2 Å². The molecular weight excluding hydrogens is 312 g/mol. The quantitative estimate of drug-likeness (QED) is 0.688. The molecule has 0 aliphatic carbocycles. The minimum atomic E-state index is -4.38. The molecule has 1 N–H and O–H groups in total. The molecule has 2 nitrogen and oxygen atoms in total. The van der Waals surface area contributed by atoms with Gasteiger partial charge in [0, 0.05) is 11.1 Å². The third-order valence-electron chi connectivity index (χ3n) is 2.94. The summed E-state index contributed by atoms with van der Waals surface area (Å²) in [4.78, 5) is 0. The van der Waals surface area contributed by atoms with Crippen LogP contribution in [0.1, 0.15) is 16.7 Å². The first-order chi connectivity index (χ1) is 10.9. The molecule has 2 rings (SSSR count). The highest BCUT2D eigenvalue weighted by Crippen LogP contribution is 2.28. The van der Waals surface area contributed by atoms with E-state index in [4.69, 9.17) is 9.84 Å². The normalized spacial score (nSPS) is 10.8. The first-order valence-corrected chi connectivity index (χ1v) is 6.58. The van der Waals surface area contributed by atoms with Gasteiger partial charge in [-0.05, 0) is 42.5 Å². The lowest BCUT2D eigenvalue weighted by Crippen LogP contribution is -2.04. The second kappa shape index (κ2) is 7.16. The number of aliphatic hydroxyl groups excluding tert-OH is 1. The summed E-state index contributed by atoms with van der Waals surface area (Å²) in [7, 11) is 0. The molecule has 0 fully saturated rings. The number of rotatable bonds is 3. The molecule has 0 radical (unpaired) electrons. The highest BCUT2D eigenvalue weighted by atomic mass is 19.4. The van der Waals surface area contributed by atoms with E-state index < -0.39 is 17.6 Å². The fourth-order valence-electron chi connectivity index (χ4n) is 1.81. The Morgan fingerprint density at radius 3 is 2.35 bits per heavy atom. The predicted octanol–water partition coefficient (Wildman–Crippen LogP) is 3.77. The lowest BCUT2D eigenvalue weighted by atomic mass is 10.1. The minimum Gasteiger partial charge on any atom is -0.481 e. The summed E-state index contributed by atoms with van der Waals surface area (Å²) in [5.41, 5.74) is -0.0254. The summed E-state index contributed by atoms with van der Waals surface area (Å²) >= 11 is 0. The van der Waals surface area contributed by atoms with E-state index in [0.717, 1.165) is 18.2 Å². The van der Waals surface area contributed by atoms with Gasteiger partial charge in [0.2, 0.25) is 0 Å². The van der Waals surface area contributed by atoms with Crippen molar-refractivity contribution in [3.8, 4) is 17.6 Å². The van der Waals surface area contributed by atoms with Gasteiger partial charge in [-0.25, -0.2) is 4.39 Å². The van der Waals surface area contributed by atoms with Crippen molar-refractivity contribution < 1.29 is 27.4 Å². The number of alkyl halides is 3. The molecule has 0 amide bonds. The van der Waals surface area contributed by atoms with Crippen LogP contribution in [0.4, 0.5) is 17.6 Å². The molecule has 0 saturated heterocycles. The lowest BCUT2D eigenvalue weighted by molar-refractivity contribution is -0.137. The number of benzene rings is 2. The number of aliphatic hydroxyl groups is 1. The number of ether oxygens (including phenoxy) is 1. The maximum absolute atomic E-state index is 13.0. The van der Waals surface area contributed by atoms with Gasteiger partial charge in [0.15, 0.2) is 0 Å². The van der Waals surface area contributed by atoms with Crippen molar-refractivity contribution in [3.63, 3.8) is 0 Å². The number of hydrogen-bond acceptors (Lipinski definition) is 2. The van der Waals surface area contributed by atoms with E-state index in [1.165, 1.54) is 24.3 Å². The minimum absolute atomic E-state index is 0.0420. The van der Waals surface area contributed by atoms with Gasteiger partial charge in [0.25, 0.3) is 0 Å². The molecular formula is C17H12F4O2. The molecule has 0 saturated carbocycles. The van der Waals surface area contributed by atoms with E-state index in [0.29, 0.717) is 16.9 Å². The second-order valence-electron chi connectivity index (χ2n) is 4.58. The second-order valence-corrected chi connectivity index (χ2v) is 4.58. The Kier molecular flexibility index (Phi) is 5.24. The Bertz CT molecular complexity index is 725. The zero-order valence-corrected chi connectivity index (χ0v) is 11.8. The van der Waals surface area contributed by atoms with Crippen molar-refractivity contribution in [2.75, 3.05) is 6.61 Å². The standard InChI is InChI=1S/C17H12F4O2/c18-15-7-8-16(13(10-15)11-22)23-9-1-2-12-3-5-14(6-4-12)17(19,20)21/h3-8,10,22H,9,11H2. The Balaban J connectivity index is 1.99. The fourth-order valence-corrected chi connectivity index (χ4v) is 1.81. The van der Waals surface area contributed by atoms with E-state index in [-0.39, 0.29) is 13.2 Å². The van der Waals surface area contributed by atoms with Crippen LogP contribution < -0.4 is 4.74 Å². The summed E-state index contributed by atoms with van der Waals surface area (Å²) in [5.74, 6) is 5.12. The molecule has 23 heavy (non-hydrogen) atoms. The zero-order chi connectivity index (χ0) is 16.9. The van der Waals surface area contributed by atoms with E-state index >= 15 is 0 Å². The van der Waals surface area contributed by atoms with E-state index in [2.05, 4.69) is 11.8 Å². The summed E-state index contributed by atoms with van der Waals surface area (Å²) in [6.07, 6.45) is -4.38. The van der Waals surface area contributed by atoms with E-state index in [9.17, 15) is 17.6 Å².